The highest BCUT2D eigenvalue weighted by Gasteiger charge is 2.49. The van der Waals surface area contributed by atoms with Crippen molar-refractivity contribution in [3.8, 4) is 34.5 Å². The minimum Gasteiger partial charge on any atom is -0.492 e. The third-order valence-electron chi connectivity index (χ3n) is 6.77. The van der Waals surface area contributed by atoms with E-state index in [0.717, 1.165) is 24.1 Å². The number of nitrogen functional groups attached to an aromatic ring is 1. The molecule has 0 radical (unpaired) electrons. The molecule has 0 saturated carbocycles. The molecule has 2 aromatic rings. The zero-order valence-electron chi connectivity index (χ0n) is 21.3. The number of ether oxygens (including phenoxy) is 7. The maximum Gasteiger partial charge on any atom is 0.341 e. The first-order chi connectivity index (χ1) is 17.5. The molecule has 3 heterocycles. The number of hydrogen-bond donors (Lipinski definition) is 1. The molecule has 2 aromatic carbocycles. The third kappa shape index (κ3) is 3.54. The van der Waals surface area contributed by atoms with Crippen molar-refractivity contribution in [2.75, 3.05) is 53.0 Å². The van der Waals surface area contributed by atoms with Crippen molar-refractivity contribution >= 4 is 11.7 Å². The van der Waals surface area contributed by atoms with Crippen molar-refractivity contribution < 1.29 is 38.0 Å². The van der Waals surface area contributed by atoms with Crippen LogP contribution in [0, 0.1) is 0 Å². The van der Waals surface area contributed by atoms with Crippen molar-refractivity contribution in [1.82, 2.24) is 4.90 Å². The maximum absolute atomic E-state index is 13.3. The highest BCUT2D eigenvalue weighted by atomic mass is 16.7. The molecule has 0 saturated heterocycles. The first-order valence-electron chi connectivity index (χ1n) is 12.2. The van der Waals surface area contributed by atoms with E-state index in [2.05, 4.69) is 4.90 Å². The molecule has 5 rings (SSSR count). The zero-order valence-corrected chi connectivity index (χ0v) is 21.3. The van der Waals surface area contributed by atoms with Crippen LogP contribution in [0.1, 0.15) is 60.0 Å². The summed E-state index contributed by atoms with van der Waals surface area (Å²) in [6, 6.07) is 1.59. The van der Waals surface area contributed by atoms with Gasteiger partial charge in [0.2, 0.25) is 18.3 Å². The van der Waals surface area contributed by atoms with Gasteiger partial charge in [-0.25, -0.2) is 4.79 Å². The number of esters is 1. The fourth-order valence-corrected chi connectivity index (χ4v) is 5.37. The fourth-order valence-electron chi connectivity index (χ4n) is 5.37. The number of likely N-dealkylation sites (N-methyl/N-ethyl adjacent to an activating group) is 1. The van der Waals surface area contributed by atoms with Crippen LogP contribution in [0.3, 0.4) is 0 Å². The van der Waals surface area contributed by atoms with E-state index >= 15 is 0 Å². The van der Waals surface area contributed by atoms with Gasteiger partial charge in [-0.2, -0.15) is 0 Å². The van der Waals surface area contributed by atoms with Crippen LogP contribution in [0.4, 0.5) is 5.69 Å². The minimum atomic E-state index is -0.732. The molecule has 0 amide bonds. The number of hydrogen-bond acceptors (Lipinski definition) is 10. The van der Waals surface area contributed by atoms with Gasteiger partial charge in [-0.15, -0.1) is 0 Å². The fraction of sp³-hybridized carbons (Fsp3) is 0.500. The number of anilines is 1. The average Bonchev–Trinajstić information content (AvgIpc) is 3.46. The van der Waals surface area contributed by atoms with E-state index in [4.69, 9.17) is 38.9 Å². The number of carbonyl (C=O) groups excluding carboxylic acids is 1. The van der Waals surface area contributed by atoms with Gasteiger partial charge in [0.1, 0.15) is 0 Å². The quantitative estimate of drug-likeness (QED) is 0.426. The largest absolute Gasteiger partial charge is 0.492 e. The van der Waals surface area contributed by atoms with Crippen molar-refractivity contribution in [3.05, 3.63) is 28.3 Å². The van der Waals surface area contributed by atoms with Crippen LogP contribution in [-0.4, -0.2) is 58.2 Å². The van der Waals surface area contributed by atoms with Gasteiger partial charge in [-0.1, -0.05) is 0 Å². The monoisotopic (exact) mass is 500 g/mol. The smallest absolute Gasteiger partial charge is 0.341 e. The number of cyclic esters (lactones) is 1. The van der Waals surface area contributed by atoms with Crippen LogP contribution in [0.25, 0.3) is 0 Å². The Morgan fingerprint density at radius 2 is 1.69 bits per heavy atom. The molecular formula is C26H32N2O8. The van der Waals surface area contributed by atoms with Gasteiger partial charge < -0.3 is 38.9 Å². The number of nitrogens with zero attached hydrogens (tertiary/aromatic N) is 1. The van der Waals surface area contributed by atoms with E-state index in [0.29, 0.717) is 54.1 Å². The lowest BCUT2D eigenvalue weighted by Gasteiger charge is -2.38. The first-order valence-corrected chi connectivity index (χ1v) is 12.2. The predicted molar refractivity (Wildman–Crippen MR) is 131 cm³/mol. The number of rotatable bonds is 8. The molecule has 36 heavy (non-hydrogen) atoms. The van der Waals surface area contributed by atoms with Crippen LogP contribution in [0.15, 0.2) is 6.07 Å². The summed E-state index contributed by atoms with van der Waals surface area (Å²) in [6.07, 6.45) is 0.0427. The second-order valence-electron chi connectivity index (χ2n) is 8.71. The standard InChI is InChI=1S/C26H32N2O8/c1-6-31-23-17-16(18(27)24(32-7-2)25(23)33-8-3)26(29)36-21(17)19-15-13(9-10-28(19)4)11-14-20(22(15)30-5)35-12-34-14/h11,19,21H,6-10,12,27H2,1-5H3/t19?,21-/m0/s1. The number of benzene rings is 2. The van der Waals surface area contributed by atoms with E-state index in [1.165, 1.54) is 0 Å². The van der Waals surface area contributed by atoms with E-state index in [1.807, 2.05) is 33.9 Å². The third-order valence-corrected chi connectivity index (χ3v) is 6.77. The summed E-state index contributed by atoms with van der Waals surface area (Å²) in [5.41, 5.74) is 9.43. The van der Waals surface area contributed by atoms with Crippen LogP contribution < -0.4 is 34.2 Å². The van der Waals surface area contributed by atoms with Crippen molar-refractivity contribution in [2.24, 2.45) is 0 Å². The Morgan fingerprint density at radius 1 is 1.00 bits per heavy atom. The Bertz CT molecular complexity index is 1200. The van der Waals surface area contributed by atoms with Crippen LogP contribution >= 0.6 is 0 Å². The molecule has 0 fully saturated rings. The summed E-state index contributed by atoms with van der Waals surface area (Å²) >= 11 is 0. The topological polar surface area (TPSA) is 111 Å². The van der Waals surface area contributed by atoms with E-state index < -0.39 is 18.1 Å². The molecule has 0 aliphatic carbocycles. The molecule has 194 valence electrons. The number of carbonyl (C=O) groups is 1. The summed E-state index contributed by atoms with van der Waals surface area (Å²) in [5, 5.41) is 0. The minimum absolute atomic E-state index is 0.124. The van der Waals surface area contributed by atoms with Crippen molar-refractivity contribution in [3.63, 3.8) is 0 Å². The molecule has 1 unspecified atom stereocenters. The molecule has 10 heteroatoms. The SMILES string of the molecule is CCOc1c(N)c2c(c(OCC)c1OCC)[C@@H](C1c3c(cc4c(c3OC)OCO4)CCN1C)OC2=O. The summed E-state index contributed by atoms with van der Waals surface area (Å²) < 4.78 is 41.2. The van der Waals surface area contributed by atoms with Gasteiger partial charge in [0, 0.05) is 12.1 Å². The van der Waals surface area contributed by atoms with Crippen LogP contribution in [-0.2, 0) is 11.2 Å². The summed E-state index contributed by atoms with van der Waals surface area (Å²) in [6.45, 7) is 7.50. The lowest BCUT2D eigenvalue weighted by atomic mass is 9.85. The summed E-state index contributed by atoms with van der Waals surface area (Å²) in [7, 11) is 3.59. The Labute approximate surface area is 210 Å². The molecule has 10 nitrogen and oxygen atoms in total. The summed E-state index contributed by atoms with van der Waals surface area (Å²) in [5.74, 6) is 2.31. The Hall–Kier alpha value is -3.53. The summed E-state index contributed by atoms with van der Waals surface area (Å²) in [4.78, 5) is 15.5. The zero-order chi connectivity index (χ0) is 25.6. The molecular weight excluding hydrogens is 468 g/mol. The van der Waals surface area contributed by atoms with Crippen molar-refractivity contribution in [1.29, 1.82) is 0 Å². The maximum atomic E-state index is 13.3. The van der Waals surface area contributed by atoms with E-state index in [1.54, 1.807) is 7.11 Å². The van der Waals surface area contributed by atoms with Gasteiger partial charge in [0.15, 0.2) is 29.1 Å². The van der Waals surface area contributed by atoms with Crippen molar-refractivity contribution in [2.45, 2.75) is 39.3 Å². The van der Waals surface area contributed by atoms with Crippen LogP contribution in [0.2, 0.25) is 0 Å². The van der Waals surface area contributed by atoms with Gasteiger partial charge in [0.05, 0.1) is 49.8 Å². The molecule has 0 bridgehead atoms. The van der Waals surface area contributed by atoms with Gasteiger partial charge >= 0.3 is 5.97 Å². The Morgan fingerprint density at radius 3 is 2.39 bits per heavy atom. The lowest BCUT2D eigenvalue weighted by molar-refractivity contribution is 0.00816. The molecule has 2 N–H and O–H groups in total. The lowest BCUT2D eigenvalue weighted by Crippen LogP contribution is -2.36. The number of fused-ring (bicyclic) bond motifs is 3. The highest BCUT2D eigenvalue weighted by Crippen LogP contribution is 2.59. The Kier molecular flexibility index (Phi) is 6.38. The van der Waals surface area contributed by atoms with E-state index in [-0.39, 0.29) is 23.8 Å². The van der Waals surface area contributed by atoms with E-state index in [9.17, 15) is 4.79 Å². The molecule has 2 atom stereocenters. The molecule has 3 aliphatic rings. The second kappa shape index (κ2) is 9.50. The molecule has 0 aromatic heterocycles. The molecule has 0 spiro atoms. The van der Waals surface area contributed by atoms with Gasteiger partial charge in [-0.3, -0.25) is 4.90 Å². The van der Waals surface area contributed by atoms with Gasteiger partial charge in [-0.05, 0) is 45.9 Å². The Balaban J connectivity index is 1.76. The van der Waals surface area contributed by atoms with Crippen LogP contribution in [0.5, 0.6) is 34.5 Å². The number of nitrogens with two attached hydrogens (primary N) is 1. The van der Waals surface area contributed by atoms with Gasteiger partial charge in [0.25, 0.3) is 0 Å². The number of methoxy groups -OCH3 is 1. The predicted octanol–water partition coefficient (Wildman–Crippen LogP) is 3.64. The normalized spacial score (nSPS) is 20.0. The second-order valence-corrected chi connectivity index (χ2v) is 8.71. The average molecular weight is 501 g/mol. The molecule has 3 aliphatic heterocycles. The first kappa shape index (κ1) is 24.2. The highest BCUT2D eigenvalue weighted by molar-refractivity contribution is 6.03.